The predicted molar refractivity (Wildman–Crippen MR) is 67.6 cm³/mol. The normalized spacial score (nSPS) is 13.3. The molecule has 0 aliphatic rings. The minimum Gasteiger partial charge on any atom is -0.296 e. The number of aldehydes is 1. The van der Waals surface area contributed by atoms with Gasteiger partial charge in [0.2, 0.25) is 0 Å². The summed E-state index contributed by atoms with van der Waals surface area (Å²) in [6.45, 7) is 3.39. The van der Waals surface area contributed by atoms with Crippen LogP contribution in [0, 0.1) is 0 Å². The molecule has 19 heavy (non-hydrogen) atoms. The maximum atomic E-state index is 12.4. The van der Waals surface area contributed by atoms with E-state index in [1.165, 1.54) is 25.3 Å². The van der Waals surface area contributed by atoms with Gasteiger partial charge in [-0.3, -0.25) is 9.79 Å². The Morgan fingerprint density at radius 1 is 1.26 bits per heavy atom. The Morgan fingerprint density at radius 2 is 1.84 bits per heavy atom. The third-order valence-corrected chi connectivity index (χ3v) is 2.25. The van der Waals surface area contributed by atoms with Crippen LogP contribution in [0.4, 0.5) is 13.2 Å². The molecule has 6 heteroatoms. The van der Waals surface area contributed by atoms with Crippen LogP contribution < -0.4 is 0 Å². The summed E-state index contributed by atoms with van der Waals surface area (Å²) in [5.74, 6) is 0.163. The molecule has 1 rings (SSSR count). The van der Waals surface area contributed by atoms with Crippen LogP contribution in [0.3, 0.4) is 0 Å². The van der Waals surface area contributed by atoms with E-state index in [1.807, 2.05) is 0 Å². The van der Waals surface area contributed by atoms with Crippen molar-refractivity contribution >= 4 is 17.8 Å². The molecular formula is C13H11F3N2O. The molecule has 0 bridgehead atoms. The summed E-state index contributed by atoms with van der Waals surface area (Å²) in [5.41, 5.74) is -0.313. The first-order valence-corrected chi connectivity index (χ1v) is 5.23. The lowest BCUT2D eigenvalue weighted by Crippen LogP contribution is -2.07. The fraction of sp³-hybridized carbons (Fsp3) is 0.154. The lowest BCUT2D eigenvalue weighted by Gasteiger charge is -2.07. The van der Waals surface area contributed by atoms with E-state index in [0.717, 1.165) is 12.1 Å². The number of rotatable bonds is 3. The van der Waals surface area contributed by atoms with Crippen molar-refractivity contribution in [1.29, 1.82) is 0 Å². The smallest absolute Gasteiger partial charge is 0.296 e. The Morgan fingerprint density at radius 3 is 2.21 bits per heavy atom. The van der Waals surface area contributed by atoms with Crippen LogP contribution in [-0.2, 0) is 11.0 Å². The van der Waals surface area contributed by atoms with Crippen molar-refractivity contribution < 1.29 is 18.0 Å². The Hall–Kier alpha value is -2.24. The second-order valence-electron chi connectivity index (χ2n) is 3.48. The highest BCUT2D eigenvalue weighted by Crippen LogP contribution is 2.29. The first kappa shape index (κ1) is 14.8. The quantitative estimate of drug-likeness (QED) is 0.472. The number of hydrogen-bond donors (Lipinski definition) is 0. The molecule has 0 aliphatic heterocycles. The Kier molecular flexibility index (Phi) is 4.74. The molecule has 0 unspecified atom stereocenters. The molecule has 0 fully saturated rings. The summed E-state index contributed by atoms with van der Waals surface area (Å²) in [6, 6.07) is 4.37. The van der Waals surface area contributed by atoms with Gasteiger partial charge in [0.25, 0.3) is 0 Å². The average Bonchev–Trinajstić information content (AvgIpc) is 2.39. The van der Waals surface area contributed by atoms with Crippen LogP contribution in [0.25, 0.3) is 0 Å². The SMILES string of the molecule is C=CC(C=O)=NC(=NC)c1ccc(C(F)(F)F)cc1. The summed E-state index contributed by atoms with van der Waals surface area (Å²) < 4.78 is 37.2. The number of alkyl halides is 3. The number of aliphatic imine (C=N–C) groups is 2. The second kappa shape index (κ2) is 6.08. The largest absolute Gasteiger partial charge is 0.416 e. The van der Waals surface area contributed by atoms with Crippen molar-refractivity contribution in [2.75, 3.05) is 7.05 Å². The van der Waals surface area contributed by atoms with E-state index in [0.29, 0.717) is 11.8 Å². The van der Waals surface area contributed by atoms with Crippen LogP contribution >= 0.6 is 0 Å². The van der Waals surface area contributed by atoms with E-state index in [-0.39, 0.29) is 11.5 Å². The molecule has 1 aromatic carbocycles. The van der Waals surface area contributed by atoms with Gasteiger partial charge in [-0.1, -0.05) is 18.7 Å². The highest BCUT2D eigenvalue weighted by molar-refractivity contribution is 6.36. The fourth-order valence-corrected chi connectivity index (χ4v) is 1.29. The van der Waals surface area contributed by atoms with Crippen molar-refractivity contribution in [1.82, 2.24) is 0 Å². The summed E-state index contributed by atoms with van der Waals surface area (Å²) >= 11 is 0. The van der Waals surface area contributed by atoms with Crippen molar-refractivity contribution in [2.45, 2.75) is 6.18 Å². The van der Waals surface area contributed by atoms with E-state index in [9.17, 15) is 18.0 Å². The Labute approximate surface area is 108 Å². The molecule has 0 radical (unpaired) electrons. The molecule has 0 aliphatic carbocycles. The fourth-order valence-electron chi connectivity index (χ4n) is 1.29. The van der Waals surface area contributed by atoms with Gasteiger partial charge >= 0.3 is 6.18 Å². The molecule has 0 N–H and O–H groups in total. The number of carbonyl (C=O) groups is 1. The molecule has 1 aromatic rings. The number of carbonyl (C=O) groups excluding carboxylic acids is 1. The molecule has 0 spiro atoms. The van der Waals surface area contributed by atoms with Crippen molar-refractivity contribution in [3.05, 3.63) is 48.0 Å². The van der Waals surface area contributed by atoms with Crippen molar-refractivity contribution in [3.63, 3.8) is 0 Å². The number of amidine groups is 1. The molecule has 0 heterocycles. The monoisotopic (exact) mass is 268 g/mol. The lowest BCUT2D eigenvalue weighted by molar-refractivity contribution is -0.137. The van der Waals surface area contributed by atoms with Crippen LogP contribution in [0.1, 0.15) is 11.1 Å². The zero-order valence-electron chi connectivity index (χ0n) is 10.1. The molecule has 0 amide bonds. The molecule has 0 saturated heterocycles. The standard InChI is InChI=1S/C13H11F3N2O/c1-3-11(8-19)18-12(17-2)9-4-6-10(7-5-9)13(14,15)16/h3-8H,1H2,2H3. The number of hydrogen-bond acceptors (Lipinski definition) is 2. The van der Waals surface area contributed by atoms with Gasteiger partial charge in [0.15, 0.2) is 12.1 Å². The zero-order chi connectivity index (χ0) is 14.5. The number of halogens is 3. The molecular weight excluding hydrogens is 257 g/mol. The molecule has 0 saturated carbocycles. The maximum absolute atomic E-state index is 12.4. The van der Waals surface area contributed by atoms with Crippen LogP contribution in [0.2, 0.25) is 0 Å². The van der Waals surface area contributed by atoms with Crippen LogP contribution in [0.15, 0.2) is 46.9 Å². The summed E-state index contributed by atoms with van der Waals surface area (Å²) in [5, 5.41) is 0. The first-order chi connectivity index (χ1) is 8.92. The van der Waals surface area contributed by atoms with Gasteiger partial charge in [-0.05, 0) is 18.2 Å². The number of benzene rings is 1. The Bertz CT molecular complexity index is 518. The van der Waals surface area contributed by atoms with Crippen LogP contribution in [-0.4, -0.2) is 24.9 Å². The van der Waals surface area contributed by atoms with Gasteiger partial charge in [0.1, 0.15) is 5.71 Å². The highest BCUT2D eigenvalue weighted by atomic mass is 19.4. The lowest BCUT2D eigenvalue weighted by atomic mass is 10.1. The minimum absolute atomic E-state index is 0.0560. The van der Waals surface area contributed by atoms with Gasteiger partial charge in [0, 0.05) is 12.6 Å². The third kappa shape index (κ3) is 3.87. The third-order valence-electron chi connectivity index (χ3n) is 2.25. The average molecular weight is 268 g/mol. The molecule has 0 atom stereocenters. The molecule has 3 nitrogen and oxygen atoms in total. The molecule has 100 valence electrons. The zero-order valence-corrected chi connectivity index (χ0v) is 10.1. The molecule has 0 aromatic heterocycles. The van der Waals surface area contributed by atoms with E-state index < -0.39 is 11.7 Å². The summed E-state index contributed by atoms with van der Waals surface area (Å²) in [6.07, 6.45) is -2.66. The van der Waals surface area contributed by atoms with E-state index in [4.69, 9.17) is 0 Å². The van der Waals surface area contributed by atoms with Gasteiger partial charge < -0.3 is 0 Å². The first-order valence-electron chi connectivity index (χ1n) is 5.23. The van der Waals surface area contributed by atoms with Gasteiger partial charge in [-0.2, -0.15) is 13.2 Å². The summed E-state index contributed by atoms with van der Waals surface area (Å²) in [7, 11) is 1.43. The second-order valence-corrected chi connectivity index (χ2v) is 3.48. The van der Waals surface area contributed by atoms with Crippen molar-refractivity contribution in [3.8, 4) is 0 Å². The van der Waals surface area contributed by atoms with E-state index in [1.54, 1.807) is 0 Å². The summed E-state index contributed by atoms with van der Waals surface area (Å²) in [4.78, 5) is 18.3. The maximum Gasteiger partial charge on any atom is 0.416 e. The predicted octanol–water partition coefficient (Wildman–Crippen LogP) is 2.91. The van der Waals surface area contributed by atoms with E-state index in [2.05, 4.69) is 16.6 Å². The van der Waals surface area contributed by atoms with Crippen molar-refractivity contribution in [2.24, 2.45) is 9.98 Å². The van der Waals surface area contributed by atoms with Gasteiger partial charge in [-0.25, -0.2) is 4.99 Å². The van der Waals surface area contributed by atoms with Gasteiger partial charge in [0.05, 0.1) is 5.56 Å². The topological polar surface area (TPSA) is 41.8 Å². The Balaban J connectivity index is 3.12. The minimum atomic E-state index is -4.39. The number of allylic oxidation sites excluding steroid dienone is 1. The highest BCUT2D eigenvalue weighted by Gasteiger charge is 2.30. The van der Waals surface area contributed by atoms with E-state index >= 15 is 0 Å². The van der Waals surface area contributed by atoms with Gasteiger partial charge in [-0.15, -0.1) is 0 Å². The number of nitrogens with zero attached hydrogens (tertiary/aromatic N) is 2. The van der Waals surface area contributed by atoms with Crippen LogP contribution in [0.5, 0.6) is 0 Å².